The summed E-state index contributed by atoms with van der Waals surface area (Å²) in [6, 6.07) is 18.7. The van der Waals surface area contributed by atoms with Gasteiger partial charge >= 0.3 is 6.18 Å². The lowest BCUT2D eigenvalue weighted by molar-refractivity contribution is -0.137. The van der Waals surface area contributed by atoms with Gasteiger partial charge in [-0.15, -0.1) is 11.3 Å². The molecule has 3 aromatic carbocycles. The number of hydrogen-bond acceptors (Lipinski definition) is 6. The van der Waals surface area contributed by atoms with E-state index in [1.54, 1.807) is 36.4 Å². The first-order valence-corrected chi connectivity index (χ1v) is 15.2. The summed E-state index contributed by atoms with van der Waals surface area (Å²) in [6.07, 6.45) is -3.09. The van der Waals surface area contributed by atoms with Crippen LogP contribution >= 0.6 is 11.3 Å². The first kappa shape index (κ1) is 32.9. The zero-order chi connectivity index (χ0) is 33.2. The number of alkyl halides is 3. The van der Waals surface area contributed by atoms with E-state index in [-0.39, 0.29) is 23.3 Å². The molecule has 46 heavy (non-hydrogen) atoms. The molecule has 2 heterocycles. The zero-order valence-electron chi connectivity index (χ0n) is 25.1. The maximum atomic E-state index is 15.0. The maximum Gasteiger partial charge on any atom is 0.416 e. The van der Waals surface area contributed by atoms with E-state index >= 15 is 4.39 Å². The summed E-state index contributed by atoms with van der Waals surface area (Å²) in [7, 11) is 0. The van der Waals surface area contributed by atoms with Crippen LogP contribution in [0.1, 0.15) is 46.4 Å². The van der Waals surface area contributed by atoms with Crippen molar-refractivity contribution < 1.29 is 32.6 Å². The Bertz CT molecular complexity index is 1810. The number of nitrogens with one attached hydrogen (secondary N) is 1. The minimum absolute atomic E-state index is 0.104. The van der Waals surface area contributed by atoms with Crippen LogP contribution < -0.4 is 5.32 Å². The number of nitrogens with zero attached hydrogens (tertiary/aromatic N) is 2. The molecule has 0 saturated heterocycles. The van der Waals surface area contributed by atoms with Crippen molar-refractivity contribution in [2.45, 2.75) is 51.1 Å². The van der Waals surface area contributed by atoms with E-state index in [1.165, 1.54) is 48.0 Å². The predicted molar refractivity (Wildman–Crippen MR) is 170 cm³/mol. The van der Waals surface area contributed by atoms with Crippen molar-refractivity contribution in [2.24, 2.45) is 0 Å². The van der Waals surface area contributed by atoms with E-state index in [4.69, 9.17) is 0 Å². The van der Waals surface area contributed by atoms with Crippen LogP contribution in [0.3, 0.4) is 0 Å². The normalized spacial score (nSPS) is 12.7. The van der Waals surface area contributed by atoms with Gasteiger partial charge in [-0.25, -0.2) is 14.4 Å². The lowest BCUT2D eigenvalue weighted by Crippen LogP contribution is -2.44. The SMILES string of the molecule is CC(C)(C)c1ccc(C(=O)N[C@@H](Cc2ccc(-c3ncc(-c4ccc(-c5ccc(C(F)(F)F)cc5)cc4F)cn3)cc2)C(O)O)s1. The fourth-order valence-electron chi connectivity index (χ4n) is 4.77. The van der Waals surface area contributed by atoms with E-state index in [1.807, 2.05) is 6.07 Å². The third-order valence-electron chi connectivity index (χ3n) is 7.39. The van der Waals surface area contributed by atoms with Crippen LogP contribution in [0.5, 0.6) is 0 Å². The first-order valence-electron chi connectivity index (χ1n) is 14.4. The summed E-state index contributed by atoms with van der Waals surface area (Å²) in [6.45, 7) is 6.16. The van der Waals surface area contributed by atoms with Crippen molar-refractivity contribution in [1.82, 2.24) is 15.3 Å². The Morgan fingerprint density at radius 1 is 0.826 bits per heavy atom. The third kappa shape index (κ3) is 7.67. The van der Waals surface area contributed by atoms with Gasteiger partial charge in [0.25, 0.3) is 5.91 Å². The highest BCUT2D eigenvalue weighted by Crippen LogP contribution is 2.33. The number of aliphatic hydroxyl groups excluding tert-OH is 1. The zero-order valence-corrected chi connectivity index (χ0v) is 26.0. The van der Waals surface area contributed by atoms with Crippen LogP contribution in [-0.2, 0) is 18.0 Å². The first-order chi connectivity index (χ1) is 21.7. The number of thiophene rings is 1. The molecule has 0 aliphatic carbocycles. The molecule has 0 aliphatic heterocycles. The lowest BCUT2D eigenvalue weighted by Gasteiger charge is -2.20. The van der Waals surface area contributed by atoms with Gasteiger partial charge in [0.15, 0.2) is 12.1 Å². The Balaban J connectivity index is 1.24. The summed E-state index contributed by atoms with van der Waals surface area (Å²) >= 11 is 1.37. The van der Waals surface area contributed by atoms with Crippen LogP contribution in [0.25, 0.3) is 33.6 Å². The van der Waals surface area contributed by atoms with Crippen molar-refractivity contribution in [3.8, 4) is 33.6 Å². The molecule has 2 aromatic heterocycles. The molecule has 1 amide bonds. The fourth-order valence-corrected chi connectivity index (χ4v) is 5.74. The van der Waals surface area contributed by atoms with Crippen LogP contribution in [0.2, 0.25) is 0 Å². The number of carbonyl (C=O) groups is 1. The topological polar surface area (TPSA) is 95.3 Å². The Morgan fingerprint density at radius 3 is 1.98 bits per heavy atom. The van der Waals surface area contributed by atoms with Crippen molar-refractivity contribution in [1.29, 1.82) is 0 Å². The average Bonchev–Trinajstić information content (AvgIpc) is 3.53. The molecule has 0 saturated carbocycles. The molecule has 0 spiro atoms. The monoisotopic (exact) mass is 649 g/mol. The van der Waals surface area contributed by atoms with Gasteiger partial charge in [-0.2, -0.15) is 13.2 Å². The van der Waals surface area contributed by atoms with Crippen LogP contribution in [0.15, 0.2) is 91.3 Å². The second kappa shape index (κ2) is 13.1. The minimum Gasteiger partial charge on any atom is -0.366 e. The molecule has 3 N–H and O–H groups in total. The van der Waals surface area contributed by atoms with Gasteiger partial charge in [-0.1, -0.05) is 69.3 Å². The van der Waals surface area contributed by atoms with Gasteiger partial charge < -0.3 is 15.5 Å². The largest absolute Gasteiger partial charge is 0.416 e. The Morgan fingerprint density at radius 2 is 1.43 bits per heavy atom. The molecular weight excluding hydrogens is 618 g/mol. The number of benzene rings is 3. The van der Waals surface area contributed by atoms with E-state index < -0.39 is 29.9 Å². The second-order valence-corrected chi connectivity index (χ2v) is 13.0. The van der Waals surface area contributed by atoms with E-state index in [2.05, 4.69) is 36.1 Å². The summed E-state index contributed by atoms with van der Waals surface area (Å²) in [5.74, 6) is -0.564. The Kier molecular flexibility index (Phi) is 9.39. The average molecular weight is 650 g/mol. The predicted octanol–water partition coefficient (Wildman–Crippen LogP) is 7.65. The second-order valence-electron chi connectivity index (χ2n) is 11.9. The summed E-state index contributed by atoms with van der Waals surface area (Å²) in [5, 5.41) is 22.6. The number of carbonyl (C=O) groups excluding carboxylic acids is 1. The summed E-state index contributed by atoms with van der Waals surface area (Å²) < 4.78 is 53.6. The highest BCUT2D eigenvalue weighted by molar-refractivity contribution is 7.14. The molecular formula is C35H31F4N3O3S. The van der Waals surface area contributed by atoms with Crippen LogP contribution in [0.4, 0.5) is 17.6 Å². The van der Waals surface area contributed by atoms with E-state index in [0.717, 1.165) is 22.6 Å². The minimum atomic E-state index is -4.45. The number of hydrogen-bond donors (Lipinski definition) is 3. The van der Waals surface area contributed by atoms with Crippen LogP contribution in [-0.4, -0.2) is 38.4 Å². The Hall–Kier alpha value is -4.45. The molecule has 11 heteroatoms. The molecule has 6 nitrogen and oxygen atoms in total. The van der Waals surface area contributed by atoms with Crippen molar-refractivity contribution >= 4 is 17.2 Å². The number of rotatable bonds is 8. The number of amides is 1. The van der Waals surface area contributed by atoms with Gasteiger partial charge in [0.2, 0.25) is 0 Å². The third-order valence-corrected chi connectivity index (χ3v) is 8.90. The smallest absolute Gasteiger partial charge is 0.366 e. The molecule has 238 valence electrons. The highest BCUT2D eigenvalue weighted by Gasteiger charge is 2.30. The number of aliphatic hydroxyl groups is 2. The molecule has 5 aromatic rings. The van der Waals surface area contributed by atoms with Gasteiger partial charge in [0.1, 0.15) is 5.82 Å². The van der Waals surface area contributed by atoms with Gasteiger partial charge in [0.05, 0.1) is 16.5 Å². The Labute approximate surface area is 267 Å². The van der Waals surface area contributed by atoms with Crippen molar-refractivity contribution in [3.05, 3.63) is 118 Å². The summed E-state index contributed by atoms with van der Waals surface area (Å²) in [4.78, 5) is 23.1. The maximum absolute atomic E-state index is 15.0. The molecule has 0 bridgehead atoms. The van der Waals surface area contributed by atoms with Crippen molar-refractivity contribution in [2.75, 3.05) is 0 Å². The number of halogens is 4. The van der Waals surface area contributed by atoms with Crippen molar-refractivity contribution in [3.63, 3.8) is 0 Å². The molecule has 0 fully saturated rings. The van der Waals surface area contributed by atoms with Crippen LogP contribution in [0, 0.1) is 5.82 Å². The highest BCUT2D eigenvalue weighted by atomic mass is 32.1. The quantitative estimate of drug-likeness (QED) is 0.119. The molecule has 0 radical (unpaired) electrons. The molecule has 5 rings (SSSR count). The van der Waals surface area contributed by atoms with E-state index in [0.29, 0.717) is 33.0 Å². The molecule has 1 atom stereocenters. The van der Waals surface area contributed by atoms with E-state index in [9.17, 15) is 28.2 Å². The molecule has 0 unspecified atom stereocenters. The summed E-state index contributed by atoms with van der Waals surface area (Å²) in [5.41, 5.74) is 2.09. The number of aromatic nitrogens is 2. The lowest BCUT2D eigenvalue weighted by atomic mass is 9.95. The van der Waals surface area contributed by atoms with Gasteiger partial charge in [-0.05, 0) is 58.9 Å². The fraction of sp³-hybridized carbons (Fsp3) is 0.229. The van der Waals surface area contributed by atoms with Gasteiger partial charge in [-0.3, -0.25) is 4.79 Å². The molecule has 0 aliphatic rings. The van der Waals surface area contributed by atoms with Gasteiger partial charge in [0, 0.05) is 34.0 Å². The standard InChI is InChI=1S/C35H31F4N3O3S/c1-34(2,3)30-15-14-29(46-30)32(43)42-28(33(44)45)16-20-4-6-22(7-5-20)31-40-18-24(19-41-31)26-13-10-23(17-27(26)36)21-8-11-25(12-9-21)35(37,38)39/h4-15,17-19,28,33,44-45H,16H2,1-3H3,(H,42,43)/t28-/m0/s1.